The molecule has 0 aliphatic carbocycles. The van der Waals surface area contributed by atoms with Crippen LogP contribution in [0, 0.1) is 0 Å². The third kappa shape index (κ3) is 4.86. The maximum absolute atomic E-state index is 13.0. The molecule has 0 amide bonds. The van der Waals surface area contributed by atoms with Gasteiger partial charge >= 0.3 is 11.9 Å². The lowest BCUT2D eigenvalue weighted by Crippen LogP contribution is -2.56. The summed E-state index contributed by atoms with van der Waals surface area (Å²) in [7, 11) is 1.32. The van der Waals surface area contributed by atoms with Crippen LogP contribution in [0.15, 0.2) is 56.6 Å². The summed E-state index contributed by atoms with van der Waals surface area (Å²) in [5, 5.41) is 15.6. The number of rotatable bonds is 6. The van der Waals surface area contributed by atoms with Crippen molar-refractivity contribution in [2.45, 2.75) is 25.1 Å². The van der Waals surface area contributed by atoms with Gasteiger partial charge in [0, 0.05) is 34.8 Å². The summed E-state index contributed by atoms with van der Waals surface area (Å²) >= 11 is 4.99. The molecule has 0 saturated carbocycles. The molecule has 4 rings (SSSR count). The third-order valence-corrected chi connectivity index (χ3v) is 7.08. The number of aromatic nitrogens is 1. The van der Waals surface area contributed by atoms with Crippen LogP contribution in [0.5, 0.6) is 0 Å². The molecule has 0 bridgehead atoms. The molecule has 2 aliphatic rings. The molecule has 0 spiro atoms. The quantitative estimate of drug-likeness (QED) is 0.543. The van der Waals surface area contributed by atoms with Gasteiger partial charge in [-0.15, -0.1) is 11.3 Å². The molecular formula is C22H23BrN4O5S. The Bertz CT molecular complexity index is 1100. The van der Waals surface area contributed by atoms with Crippen molar-refractivity contribution in [1.29, 1.82) is 0 Å². The zero-order valence-corrected chi connectivity index (χ0v) is 20.4. The summed E-state index contributed by atoms with van der Waals surface area (Å²) in [6, 6.07) is 6.02. The molecule has 2 aliphatic heterocycles. The summed E-state index contributed by atoms with van der Waals surface area (Å²) in [6.07, 6.45) is 1.19. The minimum absolute atomic E-state index is 0.181. The topological polar surface area (TPSA) is 113 Å². The zero-order valence-electron chi connectivity index (χ0n) is 18.0. The lowest BCUT2D eigenvalue weighted by molar-refractivity contribution is -0.155. The van der Waals surface area contributed by atoms with Gasteiger partial charge in [0.2, 0.25) is 0 Å². The first kappa shape index (κ1) is 23.6. The van der Waals surface area contributed by atoms with Crippen LogP contribution in [0.3, 0.4) is 0 Å². The number of hydrogen-bond donors (Lipinski definition) is 2. The number of halogens is 1. The van der Waals surface area contributed by atoms with Crippen LogP contribution in [-0.2, 0) is 19.1 Å². The predicted octanol–water partition coefficient (Wildman–Crippen LogP) is 2.60. The first-order chi connectivity index (χ1) is 15.9. The molecule has 9 nitrogen and oxygen atoms in total. The van der Waals surface area contributed by atoms with Crippen molar-refractivity contribution in [3.63, 3.8) is 0 Å². The molecule has 2 aromatic rings. The molecule has 1 unspecified atom stereocenters. The van der Waals surface area contributed by atoms with Crippen LogP contribution < -0.4 is 5.32 Å². The molecule has 3 atom stereocenters. The van der Waals surface area contributed by atoms with Crippen molar-refractivity contribution in [2.75, 3.05) is 26.8 Å². The van der Waals surface area contributed by atoms with Gasteiger partial charge in [0.1, 0.15) is 12.1 Å². The van der Waals surface area contributed by atoms with Crippen molar-refractivity contribution < 1.29 is 24.2 Å². The molecule has 3 heterocycles. The van der Waals surface area contributed by atoms with E-state index in [1.807, 2.05) is 29.6 Å². The Morgan fingerprint density at radius 1 is 1.39 bits per heavy atom. The van der Waals surface area contributed by atoms with E-state index < -0.39 is 30.1 Å². The Kier molecular flexibility index (Phi) is 7.23. The third-order valence-electron chi connectivity index (χ3n) is 5.58. The number of thiazole rings is 1. The first-order valence-corrected chi connectivity index (χ1v) is 12.0. The van der Waals surface area contributed by atoms with Crippen molar-refractivity contribution in [2.24, 2.45) is 4.99 Å². The summed E-state index contributed by atoms with van der Waals surface area (Å²) in [4.78, 5) is 36.0. The molecule has 0 radical (unpaired) electrons. The van der Waals surface area contributed by atoms with Gasteiger partial charge in [0.25, 0.3) is 0 Å². The Morgan fingerprint density at radius 2 is 2.18 bits per heavy atom. The molecule has 33 heavy (non-hydrogen) atoms. The second-order valence-electron chi connectivity index (χ2n) is 7.58. The van der Waals surface area contributed by atoms with E-state index in [1.165, 1.54) is 18.4 Å². The lowest BCUT2D eigenvalue weighted by atomic mass is 9.95. The fraction of sp³-hybridized carbons (Fsp3) is 0.364. The van der Waals surface area contributed by atoms with Crippen LogP contribution >= 0.6 is 27.3 Å². The molecule has 1 aromatic carbocycles. The molecule has 11 heteroatoms. The highest BCUT2D eigenvalue weighted by molar-refractivity contribution is 9.10. The normalized spacial score (nSPS) is 23.6. The van der Waals surface area contributed by atoms with E-state index in [4.69, 9.17) is 14.5 Å². The minimum Gasteiger partial charge on any atom is -0.480 e. The van der Waals surface area contributed by atoms with Crippen LogP contribution in [-0.4, -0.2) is 71.7 Å². The van der Waals surface area contributed by atoms with Crippen LogP contribution in [0.25, 0.3) is 0 Å². The highest BCUT2D eigenvalue weighted by atomic mass is 79.9. The van der Waals surface area contributed by atoms with Gasteiger partial charge in [0.05, 0.1) is 25.4 Å². The number of nitrogens with one attached hydrogen (secondary N) is 1. The molecule has 2 N–H and O–H groups in total. The monoisotopic (exact) mass is 534 g/mol. The number of aliphatic carboxylic acids is 1. The highest BCUT2D eigenvalue weighted by Gasteiger charge is 2.39. The SMILES string of the molecule is COC(=O)C1=C(CN2CCO[C@H](C)[C@H]2C(=O)O)NC(c2nccs2)=NC1c1ccccc1Br. The van der Waals surface area contributed by atoms with Crippen LogP contribution in [0.2, 0.25) is 0 Å². The van der Waals surface area contributed by atoms with Crippen molar-refractivity contribution in [3.05, 3.63) is 62.2 Å². The van der Waals surface area contributed by atoms with Crippen molar-refractivity contribution in [3.8, 4) is 0 Å². The van der Waals surface area contributed by atoms with Gasteiger partial charge in [-0.1, -0.05) is 34.1 Å². The summed E-state index contributed by atoms with van der Waals surface area (Å²) < 4.78 is 11.5. The fourth-order valence-corrected chi connectivity index (χ4v) is 5.15. The van der Waals surface area contributed by atoms with Crippen LogP contribution in [0.1, 0.15) is 23.5 Å². The van der Waals surface area contributed by atoms with E-state index in [-0.39, 0.29) is 6.54 Å². The average Bonchev–Trinajstić information content (AvgIpc) is 3.33. The minimum atomic E-state index is -0.977. The van der Waals surface area contributed by atoms with Gasteiger partial charge in [-0.2, -0.15) is 0 Å². The van der Waals surface area contributed by atoms with Crippen molar-refractivity contribution >= 4 is 45.0 Å². The number of benzene rings is 1. The van der Waals surface area contributed by atoms with E-state index in [9.17, 15) is 14.7 Å². The molecular weight excluding hydrogens is 512 g/mol. The maximum atomic E-state index is 13.0. The number of aliphatic imine (C=N–C) groups is 1. The van der Waals surface area contributed by atoms with Gasteiger partial charge in [-0.05, 0) is 18.6 Å². The summed E-state index contributed by atoms with van der Waals surface area (Å²) in [6.45, 7) is 2.72. The van der Waals surface area contributed by atoms with Gasteiger partial charge in [-0.25, -0.2) is 9.78 Å². The first-order valence-electron chi connectivity index (χ1n) is 10.3. The summed E-state index contributed by atoms with van der Waals surface area (Å²) in [5.41, 5.74) is 1.65. The molecule has 174 valence electrons. The Balaban J connectivity index is 1.82. The lowest BCUT2D eigenvalue weighted by Gasteiger charge is -2.38. The number of amidine groups is 1. The molecule has 1 aromatic heterocycles. The van der Waals surface area contributed by atoms with E-state index in [1.54, 1.807) is 18.0 Å². The molecule has 1 saturated heterocycles. The van der Waals surface area contributed by atoms with Crippen LogP contribution in [0.4, 0.5) is 0 Å². The standard InChI is InChI=1S/C22H23BrN4O5S/c1-12-18(21(28)29)27(8-9-32-12)11-15-16(22(30)31-2)17(13-5-3-4-6-14(13)23)26-19(25-15)20-24-7-10-33-20/h3-7,10,12,17-18H,8-9,11H2,1-2H3,(H,25,26)(H,28,29)/t12-,17?,18+/m1/s1. The number of morpholine rings is 1. The largest absolute Gasteiger partial charge is 0.480 e. The van der Waals surface area contributed by atoms with Crippen molar-refractivity contribution in [1.82, 2.24) is 15.2 Å². The maximum Gasteiger partial charge on any atom is 0.338 e. The number of carboxylic acids is 1. The number of esters is 1. The Labute approximate surface area is 203 Å². The highest BCUT2D eigenvalue weighted by Crippen LogP contribution is 2.36. The number of carbonyl (C=O) groups is 2. The van der Waals surface area contributed by atoms with E-state index in [0.717, 1.165) is 10.0 Å². The second-order valence-corrected chi connectivity index (χ2v) is 9.33. The smallest absolute Gasteiger partial charge is 0.338 e. The van der Waals surface area contributed by atoms with E-state index in [0.29, 0.717) is 35.3 Å². The Hall–Kier alpha value is -2.60. The number of hydrogen-bond acceptors (Lipinski definition) is 9. The fourth-order valence-electron chi connectivity index (χ4n) is 4.06. The van der Waals surface area contributed by atoms with E-state index >= 15 is 0 Å². The Morgan fingerprint density at radius 3 is 2.85 bits per heavy atom. The van der Waals surface area contributed by atoms with Gasteiger partial charge in [0.15, 0.2) is 10.8 Å². The average molecular weight is 535 g/mol. The number of carboxylic acid groups (broad SMARTS) is 1. The zero-order chi connectivity index (χ0) is 23.5. The molecule has 1 fully saturated rings. The number of carbonyl (C=O) groups excluding carboxylic acids is 1. The summed E-state index contributed by atoms with van der Waals surface area (Å²) in [5.74, 6) is -0.996. The van der Waals surface area contributed by atoms with Gasteiger partial charge < -0.3 is 19.9 Å². The van der Waals surface area contributed by atoms with Gasteiger partial charge in [-0.3, -0.25) is 14.7 Å². The predicted molar refractivity (Wildman–Crippen MR) is 126 cm³/mol. The number of ether oxygens (including phenoxy) is 2. The second kappa shape index (κ2) is 10.1. The number of nitrogens with zero attached hydrogens (tertiary/aromatic N) is 3. The number of methoxy groups -OCH3 is 1. The van der Waals surface area contributed by atoms with E-state index in [2.05, 4.69) is 26.2 Å².